The van der Waals surface area contributed by atoms with Crippen LogP contribution in [0.25, 0.3) is 0 Å². The number of aryl methyl sites for hydroxylation is 1. The van der Waals surface area contributed by atoms with E-state index in [1.165, 1.54) is 23.5 Å². The van der Waals surface area contributed by atoms with Gasteiger partial charge in [0.2, 0.25) is 10.0 Å². The number of Topliss-reactive ketones (excluding diaryl/α,β-unsaturated/α-hetero) is 1. The maximum absolute atomic E-state index is 14.4. The lowest BCUT2D eigenvalue weighted by molar-refractivity contribution is -0.117. The Morgan fingerprint density at radius 2 is 1.94 bits per heavy atom. The number of benzene rings is 2. The van der Waals surface area contributed by atoms with Gasteiger partial charge in [-0.15, -0.1) is 11.3 Å². The van der Waals surface area contributed by atoms with Gasteiger partial charge in [0.25, 0.3) is 0 Å². The Bertz CT molecular complexity index is 1390. The van der Waals surface area contributed by atoms with Gasteiger partial charge in [-0.25, -0.2) is 17.9 Å². The second kappa shape index (κ2) is 9.76. The minimum absolute atomic E-state index is 0.00324. The van der Waals surface area contributed by atoms with Crippen molar-refractivity contribution < 1.29 is 17.6 Å². The zero-order valence-corrected chi connectivity index (χ0v) is 20.3. The first kappa shape index (κ1) is 24.2. The fourth-order valence-electron chi connectivity index (χ4n) is 4.24. The molecule has 2 aromatic carbocycles. The largest absolute Gasteiger partial charge is 0.299 e. The molecule has 176 valence electrons. The Labute approximate surface area is 202 Å². The molecule has 3 aromatic rings. The molecule has 0 bridgehead atoms. The molecule has 0 saturated heterocycles. The van der Waals surface area contributed by atoms with Crippen LogP contribution in [0.1, 0.15) is 37.6 Å². The number of ketones is 1. The van der Waals surface area contributed by atoms with Crippen molar-refractivity contribution in [3.8, 4) is 6.07 Å². The Morgan fingerprint density at radius 3 is 2.62 bits per heavy atom. The first-order chi connectivity index (χ1) is 16.2. The van der Waals surface area contributed by atoms with Crippen molar-refractivity contribution >= 4 is 27.1 Å². The van der Waals surface area contributed by atoms with Crippen molar-refractivity contribution in [1.29, 1.82) is 5.26 Å². The second-order valence-corrected chi connectivity index (χ2v) is 11.3. The average molecular weight is 498 g/mol. The summed E-state index contributed by atoms with van der Waals surface area (Å²) in [5.41, 5.74) is 3.54. The lowest BCUT2D eigenvalue weighted by atomic mass is 9.99. The lowest BCUT2D eigenvalue weighted by Crippen LogP contribution is -2.29. The summed E-state index contributed by atoms with van der Waals surface area (Å²) >= 11 is 1.48. The highest BCUT2D eigenvalue weighted by Crippen LogP contribution is 2.34. The number of sulfonamides is 1. The molecule has 0 radical (unpaired) electrons. The van der Waals surface area contributed by atoms with Crippen molar-refractivity contribution in [1.82, 2.24) is 4.90 Å². The van der Waals surface area contributed by atoms with Crippen LogP contribution in [0.4, 0.5) is 4.39 Å². The number of nitriles is 1. The summed E-state index contributed by atoms with van der Waals surface area (Å²) in [6.07, 6.45) is 0.965. The molecule has 0 aliphatic carbocycles. The molecular weight excluding hydrogens is 473 g/mol. The molecule has 2 heterocycles. The van der Waals surface area contributed by atoms with Crippen molar-refractivity contribution in [3.63, 3.8) is 0 Å². The Kier molecular flexibility index (Phi) is 6.96. The number of rotatable bonds is 7. The molecule has 34 heavy (non-hydrogen) atoms. The summed E-state index contributed by atoms with van der Waals surface area (Å²) in [4.78, 5) is 16.7. The van der Waals surface area contributed by atoms with Gasteiger partial charge in [-0.2, -0.15) is 5.26 Å². The van der Waals surface area contributed by atoms with E-state index in [2.05, 4.69) is 11.0 Å². The number of nitrogens with zero attached hydrogens (tertiary/aromatic N) is 2. The number of carbonyl (C=O) groups is 1. The fraction of sp³-hybridized carbons (Fsp3) is 0.280. The summed E-state index contributed by atoms with van der Waals surface area (Å²) in [5, 5.41) is 14.9. The van der Waals surface area contributed by atoms with Crippen molar-refractivity contribution in [3.05, 3.63) is 85.9 Å². The number of carbonyl (C=O) groups excluding carboxylic acids is 1. The van der Waals surface area contributed by atoms with E-state index in [0.29, 0.717) is 41.8 Å². The van der Waals surface area contributed by atoms with E-state index < -0.39 is 10.0 Å². The van der Waals surface area contributed by atoms with Crippen LogP contribution in [0.2, 0.25) is 0 Å². The number of nitrogens with two attached hydrogens (primary N) is 1. The molecule has 0 amide bonds. The second-order valence-electron chi connectivity index (χ2n) is 8.50. The van der Waals surface area contributed by atoms with Crippen LogP contribution >= 0.6 is 11.3 Å². The highest BCUT2D eigenvalue weighted by Gasteiger charge is 2.26. The predicted molar refractivity (Wildman–Crippen MR) is 128 cm³/mol. The highest BCUT2D eigenvalue weighted by atomic mass is 32.2. The van der Waals surface area contributed by atoms with Gasteiger partial charge >= 0.3 is 0 Å². The Morgan fingerprint density at radius 1 is 1.21 bits per heavy atom. The monoisotopic (exact) mass is 497 g/mol. The number of hydrogen-bond acceptors (Lipinski definition) is 6. The van der Waals surface area contributed by atoms with Gasteiger partial charge < -0.3 is 0 Å². The van der Waals surface area contributed by atoms with Crippen LogP contribution in [-0.4, -0.2) is 25.6 Å². The van der Waals surface area contributed by atoms with Gasteiger partial charge in [0.15, 0.2) is 0 Å². The summed E-state index contributed by atoms with van der Waals surface area (Å²) in [6.45, 7) is 3.58. The van der Waals surface area contributed by atoms with Crippen LogP contribution in [-0.2, 0) is 47.2 Å². The normalized spacial score (nSPS) is 13.9. The van der Waals surface area contributed by atoms with Crippen molar-refractivity contribution in [2.24, 2.45) is 5.14 Å². The zero-order valence-electron chi connectivity index (χ0n) is 18.7. The molecule has 1 aliphatic rings. The van der Waals surface area contributed by atoms with Crippen LogP contribution in [0.15, 0.2) is 47.4 Å². The Hall–Kier alpha value is -2.90. The van der Waals surface area contributed by atoms with Gasteiger partial charge in [-0.1, -0.05) is 30.3 Å². The van der Waals surface area contributed by atoms with Crippen LogP contribution < -0.4 is 5.14 Å². The maximum atomic E-state index is 14.4. The van der Waals surface area contributed by atoms with Crippen LogP contribution in [0.3, 0.4) is 0 Å². The van der Waals surface area contributed by atoms with E-state index in [4.69, 9.17) is 5.14 Å². The highest BCUT2D eigenvalue weighted by molar-refractivity contribution is 7.89. The smallest absolute Gasteiger partial charge is 0.238 e. The topological polar surface area (TPSA) is 104 Å². The van der Waals surface area contributed by atoms with Crippen molar-refractivity contribution in [2.45, 2.75) is 44.2 Å². The zero-order chi connectivity index (χ0) is 24.5. The standard InChI is InChI=1S/C25H24FN3O3S2/c1-16-3-2-4-18(25(16)26)14-29-10-9-21-22(13-27)23(33-24(21)15-29)12-19(30)11-17-5-7-20(8-6-17)34(28,31)32/h2-8H,9-12,14-15H2,1H3,(H2,28,31,32). The van der Waals surface area contributed by atoms with E-state index in [9.17, 15) is 22.9 Å². The first-order valence-corrected chi connectivity index (χ1v) is 13.1. The number of hydrogen-bond donors (Lipinski definition) is 1. The molecule has 4 rings (SSSR count). The van der Waals surface area contributed by atoms with Gasteiger partial charge in [-0.05, 0) is 42.2 Å². The fourth-order valence-corrected chi connectivity index (χ4v) is 6.13. The van der Waals surface area contributed by atoms with E-state index in [-0.39, 0.29) is 29.3 Å². The number of fused-ring (bicyclic) bond motifs is 1. The molecule has 0 fully saturated rings. The molecule has 9 heteroatoms. The third-order valence-corrected chi connectivity index (χ3v) is 8.14. The Balaban J connectivity index is 1.46. The van der Waals surface area contributed by atoms with Gasteiger partial charge in [-0.3, -0.25) is 9.69 Å². The SMILES string of the molecule is Cc1cccc(CN2CCc3c(sc(CC(=O)Cc4ccc(S(N)(=O)=O)cc4)c3C#N)C2)c1F. The summed E-state index contributed by atoms with van der Waals surface area (Å²) < 4.78 is 37.2. The van der Waals surface area contributed by atoms with Crippen LogP contribution in [0, 0.1) is 24.1 Å². The summed E-state index contributed by atoms with van der Waals surface area (Å²) in [5.74, 6) is -0.238. The summed E-state index contributed by atoms with van der Waals surface area (Å²) in [6, 6.07) is 13.6. The van der Waals surface area contributed by atoms with E-state index >= 15 is 0 Å². The molecule has 0 unspecified atom stereocenters. The third-order valence-electron chi connectivity index (χ3n) is 6.00. The molecule has 1 aromatic heterocycles. The number of halogens is 1. The molecule has 0 atom stereocenters. The predicted octanol–water partition coefficient (Wildman–Crippen LogP) is 3.63. The third kappa shape index (κ3) is 5.26. The average Bonchev–Trinajstić information content (AvgIpc) is 3.12. The van der Waals surface area contributed by atoms with E-state index in [1.807, 2.05) is 6.07 Å². The van der Waals surface area contributed by atoms with Gasteiger partial charge in [0.1, 0.15) is 17.7 Å². The quantitative estimate of drug-likeness (QED) is 0.537. The molecule has 1 aliphatic heterocycles. The van der Waals surface area contributed by atoms with Gasteiger partial charge in [0, 0.05) is 47.8 Å². The van der Waals surface area contributed by atoms with E-state index in [0.717, 1.165) is 21.9 Å². The molecule has 6 nitrogen and oxygen atoms in total. The van der Waals surface area contributed by atoms with Crippen LogP contribution in [0.5, 0.6) is 0 Å². The van der Waals surface area contributed by atoms with Crippen molar-refractivity contribution in [2.75, 3.05) is 6.54 Å². The summed E-state index contributed by atoms with van der Waals surface area (Å²) in [7, 11) is -3.78. The molecule has 0 spiro atoms. The lowest BCUT2D eigenvalue weighted by Gasteiger charge is -2.27. The number of primary sulfonamides is 1. The first-order valence-electron chi connectivity index (χ1n) is 10.8. The molecular formula is C25H24FN3O3S2. The number of thiophene rings is 1. The van der Waals surface area contributed by atoms with Gasteiger partial charge in [0.05, 0.1) is 10.5 Å². The van der Waals surface area contributed by atoms with E-state index in [1.54, 1.807) is 31.2 Å². The minimum atomic E-state index is -3.78. The molecule has 0 saturated carbocycles. The molecule has 2 N–H and O–H groups in total. The maximum Gasteiger partial charge on any atom is 0.238 e. The minimum Gasteiger partial charge on any atom is -0.299 e.